The first kappa shape index (κ1) is 17.6. The standard InChI is InChI=1S/C22H16FN5/c23-19-11-18(13-25)22(26-14-19)27-8-9-28-20(6-7-21(28)15-27)5-4-16-2-1-3-17(10-16)12-24/h1-2,6-9,11,14,16-17H,3,10,15H2. The van der Waals surface area contributed by atoms with E-state index in [1.165, 1.54) is 6.07 Å². The molecule has 0 spiro atoms. The molecule has 28 heavy (non-hydrogen) atoms. The highest BCUT2D eigenvalue weighted by Crippen LogP contribution is 2.26. The predicted molar refractivity (Wildman–Crippen MR) is 103 cm³/mol. The number of allylic oxidation sites excluding steroid dienone is 2. The molecule has 0 radical (unpaired) electrons. The maximum atomic E-state index is 13.3. The van der Waals surface area contributed by atoms with Gasteiger partial charge >= 0.3 is 0 Å². The summed E-state index contributed by atoms with van der Waals surface area (Å²) < 4.78 is 15.3. The Morgan fingerprint density at radius 3 is 2.93 bits per heavy atom. The van der Waals surface area contributed by atoms with Gasteiger partial charge in [0.15, 0.2) is 5.82 Å². The third-order valence-corrected chi connectivity index (χ3v) is 4.85. The molecule has 2 aromatic rings. The number of rotatable bonds is 1. The van der Waals surface area contributed by atoms with Crippen LogP contribution in [0.5, 0.6) is 0 Å². The molecule has 0 saturated carbocycles. The summed E-state index contributed by atoms with van der Waals surface area (Å²) in [5, 5.41) is 18.3. The highest BCUT2D eigenvalue weighted by Gasteiger charge is 2.19. The Morgan fingerprint density at radius 1 is 1.21 bits per heavy atom. The summed E-state index contributed by atoms with van der Waals surface area (Å²) in [7, 11) is 0. The minimum absolute atomic E-state index is 0.0384. The van der Waals surface area contributed by atoms with Gasteiger partial charge < -0.3 is 9.47 Å². The van der Waals surface area contributed by atoms with E-state index in [0.29, 0.717) is 12.4 Å². The smallest absolute Gasteiger partial charge is 0.151 e. The molecule has 0 saturated heterocycles. The van der Waals surface area contributed by atoms with Crippen LogP contribution in [-0.4, -0.2) is 9.55 Å². The first-order valence-corrected chi connectivity index (χ1v) is 8.96. The number of nitriles is 2. The molecule has 0 N–H and O–H groups in total. The van der Waals surface area contributed by atoms with Crippen molar-refractivity contribution in [2.75, 3.05) is 4.90 Å². The van der Waals surface area contributed by atoms with Crippen molar-refractivity contribution < 1.29 is 4.39 Å². The maximum absolute atomic E-state index is 13.3. The average molecular weight is 369 g/mol. The molecule has 0 fully saturated rings. The van der Waals surface area contributed by atoms with Crippen molar-refractivity contribution in [3.8, 4) is 24.0 Å². The summed E-state index contributed by atoms with van der Waals surface area (Å²) in [6.07, 6.45) is 10.5. The fourth-order valence-electron chi connectivity index (χ4n) is 3.43. The van der Waals surface area contributed by atoms with Crippen molar-refractivity contribution in [2.45, 2.75) is 19.4 Å². The van der Waals surface area contributed by atoms with E-state index >= 15 is 0 Å². The zero-order valence-corrected chi connectivity index (χ0v) is 15.0. The van der Waals surface area contributed by atoms with Gasteiger partial charge in [-0.2, -0.15) is 10.5 Å². The molecule has 6 heteroatoms. The topological polar surface area (TPSA) is 68.6 Å². The molecule has 1 aliphatic heterocycles. The number of anilines is 1. The van der Waals surface area contributed by atoms with Gasteiger partial charge in [-0.05, 0) is 37.0 Å². The molecule has 4 rings (SSSR count). The van der Waals surface area contributed by atoms with Gasteiger partial charge in [0.05, 0.1) is 36.0 Å². The van der Waals surface area contributed by atoms with Crippen LogP contribution in [-0.2, 0) is 6.54 Å². The van der Waals surface area contributed by atoms with Gasteiger partial charge in [0.25, 0.3) is 0 Å². The number of aromatic nitrogens is 2. The lowest BCUT2D eigenvalue weighted by molar-refractivity contribution is 0.539. The largest absolute Gasteiger partial charge is 0.325 e. The van der Waals surface area contributed by atoms with Crippen molar-refractivity contribution in [3.63, 3.8) is 0 Å². The highest BCUT2D eigenvalue weighted by atomic mass is 19.1. The lowest BCUT2D eigenvalue weighted by atomic mass is 9.88. The molecule has 2 aromatic heterocycles. The van der Waals surface area contributed by atoms with Gasteiger partial charge in [0.2, 0.25) is 0 Å². The number of halogens is 1. The second-order valence-electron chi connectivity index (χ2n) is 6.74. The zero-order valence-electron chi connectivity index (χ0n) is 15.0. The summed E-state index contributed by atoms with van der Waals surface area (Å²) in [5.41, 5.74) is 2.06. The van der Waals surface area contributed by atoms with Crippen LogP contribution in [0.25, 0.3) is 6.20 Å². The Hall–Kier alpha value is -3.82. The normalized spacial score (nSPS) is 19.9. The lowest BCUT2D eigenvalue weighted by Crippen LogP contribution is -2.23. The van der Waals surface area contributed by atoms with E-state index in [4.69, 9.17) is 5.26 Å². The van der Waals surface area contributed by atoms with E-state index in [-0.39, 0.29) is 17.4 Å². The van der Waals surface area contributed by atoms with Crippen LogP contribution < -0.4 is 4.90 Å². The molecule has 3 heterocycles. The average Bonchev–Trinajstić information content (AvgIpc) is 3.14. The van der Waals surface area contributed by atoms with Crippen LogP contribution in [0.1, 0.15) is 29.8 Å². The van der Waals surface area contributed by atoms with Crippen LogP contribution >= 0.6 is 0 Å². The van der Waals surface area contributed by atoms with Gasteiger partial charge in [-0.1, -0.05) is 18.1 Å². The Labute approximate surface area is 162 Å². The second-order valence-corrected chi connectivity index (χ2v) is 6.74. The highest BCUT2D eigenvalue weighted by molar-refractivity contribution is 5.59. The molecule has 5 nitrogen and oxygen atoms in total. The maximum Gasteiger partial charge on any atom is 0.151 e. The fraction of sp³-hybridized carbons (Fsp3) is 0.227. The Morgan fingerprint density at radius 2 is 2.11 bits per heavy atom. The van der Waals surface area contributed by atoms with E-state index in [9.17, 15) is 9.65 Å². The summed E-state index contributed by atoms with van der Waals surface area (Å²) in [4.78, 5) is 5.88. The van der Waals surface area contributed by atoms with Crippen LogP contribution in [0.3, 0.4) is 0 Å². The third kappa shape index (κ3) is 3.39. The Kier molecular flexibility index (Phi) is 4.67. The van der Waals surface area contributed by atoms with Crippen molar-refractivity contribution >= 4 is 12.0 Å². The van der Waals surface area contributed by atoms with Crippen molar-refractivity contribution in [1.29, 1.82) is 10.5 Å². The van der Waals surface area contributed by atoms with Crippen molar-refractivity contribution in [3.05, 3.63) is 65.5 Å². The van der Waals surface area contributed by atoms with Gasteiger partial charge in [0.1, 0.15) is 11.9 Å². The molecular formula is C22H16FN5. The molecule has 0 bridgehead atoms. The molecule has 0 amide bonds. The van der Waals surface area contributed by atoms with Crippen LogP contribution in [0.15, 0.2) is 42.7 Å². The van der Waals surface area contributed by atoms with E-state index in [2.05, 4.69) is 29.0 Å². The van der Waals surface area contributed by atoms with Gasteiger partial charge in [0, 0.05) is 24.0 Å². The summed E-state index contributed by atoms with van der Waals surface area (Å²) in [6, 6.07) is 9.42. The van der Waals surface area contributed by atoms with Gasteiger partial charge in [-0.15, -0.1) is 0 Å². The van der Waals surface area contributed by atoms with Gasteiger partial charge in [-0.3, -0.25) is 0 Å². The lowest BCUT2D eigenvalue weighted by Gasteiger charge is -2.24. The van der Waals surface area contributed by atoms with Gasteiger partial charge in [-0.25, -0.2) is 9.37 Å². The molecular weight excluding hydrogens is 353 g/mol. The minimum atomic E-state index is -0.530. The van der Waals surface area contributed by atoms with Crippen molar-refractivity contribution in [1.82, 2.24) is 9.55 Å². The third-order valence-electron chi connectivity index (χ3n) is 4.85. The first-order valence-electron chi connectivity index (χ1n) is 8.96. The monoisotopic (exact) mass is 369 g/mol. The molecule has 136 valence electrons. The predicted octanol–water partition coefficient (Wildman–Crippen LogP) is 3.80. The molecule has 2 unspecified atom stereocenters. The molecule has 2 aliphatic rings. The van der Waals surface area contributed by atoms with E-state index in [0.717, 1.165) is 30.4 Å². The van der Waals surface area contributed by atoms with E-state index in [1.807, 2.05) is 46.1 Å². The fourth-order valence-corrected chi connectivity index (χ4v) is 3.43. The van der Waals surface area contributed by atoms with Crippen LogP contribution in [0.2, 0.25) is 0 Å². The molecule has 1 aliphatic carbocycles. The van der Waals surface area contributed by atoms with Crippen LogP contribution in [0, 0.1) is 52.2 Å². The SMILES string of the molecule is N#Cc1cc(F)cnc1N1C=Cn2c(C#CC3C=CCC(C#N)C3)ccc2C1. The quantitative estimate of drug-likeness (QED) is 0.566. The van der Waals surface area contributed by atoms with Crippen LogP contribution in [0.4, 0.5) is 10.2 Å². The first-order chi connectivity index (χ1) is 13.7. The number of fused-ring (bicyclic) bond motifs is 1. The number of pyridine rings is 1. The zero-order chi connectivity index (χ0) is 19.5. The van der Waals surface area contributed by atoms with E-state index in [1.54, 1.807) is 0 Å². The molecule has 0 aromatic carbocycles. The summed E-state index contributed by atoms with van der Waals surface area (Å²) in [6.45, 7) is 0.505. The Balaban J connectivity index is 1.56. The number of nitrogens with zero attached hydrogens (tertiary/aromatic N) is 5. The van der Waals surface area contributed by atoms with Crippen molar-refractivity contribution in [2.24, 2.45) is 11.8 Å². The second kappa shape index (κ2) is 7.43. The minimum Gasteiger partial charge on any atom is -0.325 e. The summed E-state index contributed by atoms with van der Waals surface area (Å²) >= 11 is 0. The number of hydrogen-bond donors (Lipinski definition) is 0. The molecule has 2 atom stereocenters. The Bertz CT molecular complexity index is 1120. The number of hydrogen-bond acceptors (Lipinski definition) is 4. The summed E-state index contributed by atoms with van der Waals surface area (Å²) in [5.74, 6) is 6.50. The van der Waals surface area contributed by atoms with E-state index < -0.39 is 5.82 Å².